The summed E-state index contributed by atoms with van der Waals surface area (Å²) in [7, 11) is -1.31. The molecule has 3 aliphatic rings. The van der Waals surface area contributed by atoms with Crippen molar-refractivity contribution in [2.45, 2.75) is 37.5 Å². The predicted molar refractivity (Wildman–Crippen MR) is 105 cm³/mol. The average Bonchev–Trinajstić information content (AvgIpc) is 3.25. The Hall–Kier alpha value is -1.44. The van der Waals surface area contributed by atoms with Gasteiger partial charge in [-0.25, -0.2) is 8.42 Å². The molecule has 4 rings (SSSR count). The molecule has 148 valence electrons. The van der Waals surface area contributed by atoms with Gasteiger partial charge in [0.1, 0.15) is 0 Å². The number of nitrogens with one attached hydrogen (secondary N) is 1. The number of nitrogens with zero attached hydrogens (tertiary/aromatic N) is 2. The normalized spacial score (nSPS) is 29.1. The second-order valence-electron chi connectivity index (χ2n) is 8.41. The van der Waals surface area contributed by atoms with Gasteiger partial charge in [-0.1, -0.05) is 18.6 Å². The monoisotopic (exact) mass is 391 g/mol. The lowest BCUT2D eigenvalue weighted by Crippen LogP contribution is -2.47. The van der Waals surface area contributed by atoms with E-state index in [1.807, 2.05) is 7.05 Å². The van der Waals surface area contributed by atoms with Crippen LogP contribution in [0.5, 0.6) is 0 Å². The van der Waals surface area contributed by atoms with Crippen LogP contribution in [0.25, 0.3) is 0 Å². The van der Waals surface area contributed by atoms with Gasteiger partial charge in [0.05, 0.1) is 5.75 Å². The maximum absolute atomic E-state index is 12.6. The minimum atomic E-state index is -3.31. The van der Waals surface area contributed by atoms with Gasteiger partial charge in [-0.05, 0) is 55.8 Å². The third-order valence-electron chi connectivity index (χ3n) is 6.48. The van der Waals surface area contributed by atoms with Crippen LogP contribution in [0.2, 0.25) is 0 Å². The fraction of sp³-hybridized carbons (Fsp3) is 0.650. The summed E-state index contributed by atoms with van der Waals surface area (Å²) in [5, 5.41) is 3.18. The zero-order valence-electron chi connectivity index (χ0n) is 15.9. The second-order valence-corrected chi connectivity index (χ2v) is 10.4. The molecule has 1 saturated heterocycles. The summed E-state index contributed by atoms with van der Waals surface area (Å²) in [5.74, 6) is 1.39. The Morgan fingerprint density at radius 3 is 2.37 bits per heavy atom. The second kappa shape index (κ2) is 7.53. The standard InChI is InChI=1S/C20H29N3O3S/c1-22-8-10-23(11-9-22)27(25,26)14-15-2-5-17(6-3-15)20(24)21-19-13-16-4-7-18(19)12-16/h2-3,5-6,16,18-19H,4,7-14H2,1H3,(H,21,24)/t16-,18-,19+/m0/s1. The van der Waals surface area contributed by atoms with E-state index in [1.54, 1.807) is 28.6 Å². The van der Waals surface area contributed by atoms with E-state index in [-0.39, 0.29) is 11.7 Å². The third kappa shape index (κ3) is 4.20. The molecule has 1 N–H and O–H groups in total. The third-order valence-corrected chi connectivity index (χ3v) is 8.33. The Morgan fingerprint density at radius 2 is 1.78 bits per heavy atom. The van der Waals surface area contributed by atoms with Gasteiger partial charge in [-0.2, -0.15) is 4.31 Å². The number of hydrogen-bond acceptors (Lipinski definition) is 4. The minimum Gasteiger partial charge on any atom is -0.349 e. The summed E-state index contributed by atoms with van der Waals surface area (Å²) in [6, 6.07) is 7.34. The van der Waals surface area contributed by atoms with Gasteiger partial charge in [-0.15, -0.1) is 0 Å². The van der Waals surface area contributed by atoms with Crippen LogP contribution in [0.1, 0.15) is 41.6 Å². The number of carbonyl (C=O) groups is 1. The molecule has 2 saturated carbocycles. The van der Waals surface area contributed by atoms with Gasteiger partial charge >= 0.3 is 0 Å². The Balaban J connectivity index is 1.35. The van der Waals surface area contributed by atoms with Crippen molar-refractivity contribution in [3.63, 3.8) is 0 Å². The van der Waals surface area contributed by atoms with E-state index in [9.17, 15) is 13.2 Å². The lowest BCUT2D eigenvalue weighted by molar-refractivity contribution is 0.0923. The van der Waals surface area contributed by atoms with E-state index < -0.39 is 10.0 Å². The first-order valence-electron chi connectivity index (χ1n) is 9.97. The number of piperazine rings is 1. The van der Waals surface area contributed by atoms with Crippen molar-refractivity contribution in [3.05, 3.63) is 35.4 Å². The molecule has 3 atom stereocenters. The van der Waals surface area contributed by atoms with Gasteiger partial charge in [0, 0.05) is 37.8 Å². The van der Waals surface area contributed by atoms with Gasteiger partial charge < -0.3 is 10.2 Å². The summed E-state index contributed by atoms with van der Waals surface area (Å²) in [6.45, 7) is 2.62. The first-order chi connectivity index (χ1) is 12.9. The summed E-state index contributed by atoms with van der Waals surface area (Å²) in [5.41, 5.74) is 1.34. The van der Waals surface area contributed by atoms with Crippen molar-refractivity contribution in [1.82, 2.24) is 14.5 Å². The maximum Gasteiger partial charge on any atom is 0.251 e. The van der Waals surface area contributed by atoms with Crippen LogP contribution in [-0.2, 0) is 15.8 Å². The van der Waals surface area contributed by atoms with Crippen LogP contribution in [0, 0.1) is 11.8 Å². The van der Waals surface area contributed by atoms with E-state index >= 15 is 0 Å². The number of fused-ring (bicyclic) bond motifs is 2. The fourth-order valence-electron chi connectivity index (χ4n) is 4.79. The molecule has 0 spiro atoms. The predicted octanol–water partition coefficient (Wildman–Crippen LogP) is 1.68. The molecular weight excluding hydrogens is 362 g/mol. The number of sulfonamides is 1. The molecule has 27 heavy (non-hydrogen) atoms. The van der Waals surface area contributed by atoms with Crippen LogP contribution in [0.4, 0.5) is 0 Å². The zero-order chi connectivity index (χ0) is 19.0. The molecule has 6 nitrogen and oxygen atoms in total. The highest BCUT2D eigenvalue weighted by molar-refractivity contribution is 7.88. The van der Waals surface area contributed by atoms with E-state index in [2.05, 4.69) is 10.2 Å². The molecule has 0 radical (unpaired) electrons. The smallest absolute Gasteiger partial charge is 0.251 e. The van der Waals surface area contributed by atoms with E-state index in [1.165, 1.54) is 19.3 Å². The Bertz CT molecular complexity index is 785. The van der Waals surface area contributed by atoms with Crippen LogP contribution in [0.3, 0.4) is 0 Å². The molecule has 0 unspecified atom stereocenters. The Kier molecular flexibility index (Phi) is 5.27. The number of carbonyl (C=O) groups excluding carboxylic acids is 1. The lowest BCUT2D eigenvalue weighted by atomic mass is 9.95. The molecule has 7 heteroatoms. The maximum atomic E-state index is 12.6. The van der Waals surface area contributed by atoms with Crippen molar-refractivity contribution >= 4 is 15.9 Å². The van der Waals surface area contributed by atoms with E-state index in [4.69, 9.17) is 0 Å². The molecule has 1 aromatic rings. The van der Waals surface area contributed by atoms with E-state index in [0.717, 1.165) is 31.0 Å². The molecule has 2 aliphatic carbocycles. The molecule has 2 bridgehead atoms. The molecule has 1 aliphatic heterocycles. The topological polar surface area (TPSA) is 69.7 Å². The SMILES string of the molecule is CN1CCN(S(=O)(=O)Cc2ccc(C(=O)N[C@@H]3C[C@H]4CC[C@H]3C4)cc2)CC1. The number of benzene rings is 1. The zero-order valence-corrected chi connectivity index (χ0v) is 16.7. The number of likely N-dealkylation sites (N-methyl/N-ethyl adjacent to an activating group) is 1. The quantitative estimate of drug-likeness (QED) is 0.829. The Morgan fingerprint density at radius 1 is 1.07 bits per heavy atom. The number of hydrogen-bond donors (Lipinski definition) is 1. The lowest BCUT2D eigenvalue weighted by Gasteiger charge is -2.31. The largest absolute Gasteiger partial charge is 0.349 e. The first kappa shape index (κ1) is 18.9. The summed E-state index contributed by atoms with van der Waals surface area (Å²) >= 11 is 0. The highest BCUT2D eigenvalue weighted by Crippen LogP contribution is 2.44. The first-order valence-corrected chi connectivity index (χ1v) is 11.6. The van der Waals surface area contributed by atoms with Crippen LogP contribution >= 0.6 is 0 Å². The number of rotatable bonds is 5. The summed E-state index contributed by atoms with van der Waals surface area (Å²) in [4.78, 5) is 14.6. The van der Waals surface area contributed by atoms with Crippen LogP contribution in [-0.4, -0.2) is 62.8 Å². The van der Waals surface area contributed by atoms with Crippen molar-refractivity contribution in [2.75, 3.05) is 33.2 Å². The highest BCUT2D eigenvalue weighted by Gasteiger charge is 2.40. The van der Waals surface area contributed by atoms with Gasteiger partial charge in [0.2, 0.25) is 10.0 Å². The van der Waals surface area contributed by atoms with Gasteiger partial charge in [0.25, 0.3) is 5.91 Å². The fourth-order valence-corrected chi connectivity index (χ4v) is 6.31. The Labute approximate surface area is 162 Å². The van der Waals surface area contributed by atoms with Crippen molar-refractivity contribution in [2.24, 2.45) is 11.8 Å². The van der Waals surface area contributed by atoms with Gasteiger partial charge in [0.15, 0.2) is 0 Å². The van der Waals surface area contributed by atoms with Crippen molar-refractivity contribution in [3.8, 4) is 0 Å². The van der Waals surface area contributed by atoms with Crippen LogP contribution < -0.4 is 5.32 Å². The van der Waals surface area contributed by atoms with Crippen molar-refractivity contribution < 1.29 is 13.2 Å². The molecule has 0 aromatic heterocycles. The average molecular weight is 392 g/mol. The van der Waals surface area contributed by atoms with Crippen molar-refractivity contribution in [1.29, 1.82) is 0 Å². The van der Waals surface area contributed by atoms with Gasteiger partial charge in [-0.3, -0.25) is 4.79 Å². The van der Waals surface area contributed by atoms with Crippen LogP contribution in [0.15, 0.2) is 24.3 Å². The summed E-state index contributed by atoms with van der Waals surface area (Å²) in [6.07, 6.45) is 4.91. The number of amides is 1. The highest BCUT2D eigenvalue weighted by atomic mass is 32.2. The molecule has 1 heterocycles. The van der Waals surface area contributed by atoms with E-state index in [0.29, 0.717) is 30.6 Å². The minimum absolute atomic E-state index is 0.00894. The summed E-state index contributed by atoms with van der Waals surface area (Å²) < 4.78 is 26.8. The molecule has 3 fully saturated rings. The molecule has 1 aromatic carbocycles. The molecular formula is C20H29N3O3S. The molecule has 1 amide bonds.